The number of halogens is 1. The van der Waals surface area contributed by atoms with Crippen LogP contribution in [0.5, 0.6) is 0 Å². The number of nitrogens with one attached hydrogen (secondary N) is 2. The van der Waals surface area contributed by atoms with Crippen molar-refractivity contribution in [3.8, 4) is 0 Å². The molecule has 0 aliphatic carbocycles. The van der Waals surface area contributed by atoms with Crippen molar-refractivity contribution in [3.05, 3.63) is 35.4 Å². The van der Waals surface area contributed by atoms with Gasteiger partial charge < -0.3 is 15.4 Å². The Morgan fingerprint density at radius 2 is 1.77 bits per heavy atom. The van der Waals surface area contributed by atoms with Gasteiger partial charge in [-0.05, 0) is 45.2 Å². The highest BCUT2D eigenvalue weighted by Crippen LogP contribution is 2.10. The van der Waals surface area contributed by atoms with E-state index in [2.05, 4.69) is 77.4 Å². The highest BCUT2D eigenvalue weighted by atomic mass is 127. The average Bonchev–Trinajstić information content (AvgIpc) is 2.70. The van der Waals surface area contributed by atoms with E-state index in [1.54, 1.807) is 0 Å². The Balaban J connectivity index is 0.00000450. The zero-order valence-corrected chi connectivity index (χ0v) is 21.8. The Kier molecular flexibility index (Phi) is 13.6. The summed E-state index contributed by atoms with van der Waals surface area (Å²) < 4.78 is 5.44. The topological polar surface area (TPSA) is 52.1 Å². The summed E-state index contributed by atoms with van der Waals surface area (Å²) in [5.41, 5.74) is 2.64. The summed E-state index contributed by atoms with van der Waals surface area (Å²) >= 11 is 0. The van der Waals surface area contributed by atoms with E-state index in [0.29, 0.717) is 12.1 Å². The Hall–Kier alpha value is -0.900. The van der Waals surface area contributed by atoms with Gasteiger partial charge in [-0.3, -0.25) is 14.8 Å². The molecule has 1 aromatic rings. The predicted octanol–water partition coefficient (Wildman–Crippen LogP) is 3.31. The molecule has 0 atom stereocenters. The monoisotopic (exact) mass is 531 g/mol. The van der Waals surface area contributed by atoms with Crippen molar-refractivity contribution >= 4 is 29.9 Å². The zero-order valence-electron chi connectivity index (χ0n) is 19.5. The van der Waals surface area contributed by atoms with Crippen LogP contribution in [0.1, 0.15) is 45.2 Å². The summed E-state index contributed by atoms with van der Waals surface area (Å²) in [7, 11) is 1.83. The van der Waals surface area contributed by atoms with Crippen molar-refractivity contribution in [1.29, 1.82) is 0 Å². The number of hydrogen-bond donors (Lipinski definition) is 2. The van der Waals surface area contributed by atoms with Gasteiger partial charge in [0, 0.05) is 58.4 Å². The normalized spacial score (nSPS) is 15.5. The number of nitrogens with zero attached hydrogens (tertiary/aromatic N) is 3. The van der Waals surface area contributed by atoms with Crippen LogP contribution in [0.2, 0.25) is 0 Å². The lowest BCUT2D eigenvalue weighted by molar-refractivity contribution is 0.0342. The van der Waals surface area contributed by atoms with Gasteiger partial charge in [-0.1, -0.05) is 24.3 Å². The molecule has 1 fully saturated rings. The van der Waals surface area contributed by atoms with E-state index in [1.165, 1.54) is 11.1 Å². The Bertz CT molecular complexity index is 609. The number of aliphatic imine (C=N–C) groups is 1. The standard InChI is InChI=1S/C23H41N5O.HI/c1-19(2)28(20(3)4)11-7-10-25-23(24-5)26-17-21-8-6-9-22(16-21)18-27-12-14-29-15-13-27;/h6,8-9,16,19-20H,7,10-15,17-18H2,1-5H3,(H2,24,25,26);1H. The summed E-state index contributed by atoms with van der Waals surface area (Å²) in [5.74, 6) is 0.865. The fourth-order valence-electron chi connectivity index (χ4n) is 3.84. The van der Waals surface area contributed by atoms with E-state index in [9.17, 15) is 0 Å². The number of morpholine rings is 1. The third-order valence-electron chi connectivity index (χ3n) is 5.40. The quantitative estimate of drug-likeness (QED) is 0.210. The first-order chi connectivity index (χ1) is 14.0. The van der Waals surface area contributed by atoms with Gasteiger partial charge in [-0.25, -0.2) is 0 Å². The number of ether oxygens (including phenoxy) is 1. The molecule has 2 N–H and O–H groups in total. The van der Waals surface area contributed by atoms with Crippen LogP contribution in [0.25, 0.3) is 0 Å². The summed E-state index contributed by atoms with van der Waals surface area (Å²) in [6.07, 6.45) is 1.10. The van der Waals surface area contributed by atoms with Crippen molar-refractivity contribution in [2.24, 2.45) is 4.99 Å². The molecule has 0 spiro atoms. The van der Waals surface area contributed by atoms with E-state index in [1.807, 2.05) is 7.05 Å². The van der Waals surface area contributed by atoms with E-state index in [0.717, 1.165) is 64.9 Å². The molecule has 1 saturated heterocycles. The van der Waals surface area contributed by atoms with Crippen LogP contribution < -0.4 is 10.6 Å². The van der Waals surface area contributed by atoms with Crippen molar-refractivity contribution in [2.45, 2.75) is 59.3 Å². The van der Waals surface area contributed by atoms with Crippen LogP contribution in [0.3, 0.4) is 0 Å². The smallest absolute Gasteiger partial charge is 0.191 e. The second-order valence-electron chi connectivity index (χ2n) is 8.34. The first-order valence-electron chi connectivity index (χ1n) is 11.1. The van der Waals surface area contributed by atoms with Crippen molar-refractivity contribution in [3.63, 3.8) is 0 Å². The van der Waals surface area contributed by atoms with Crippen molar-refractivity contribution in [2.75, 3.05) is 46.4 Å². The highest BCUT2D eigenvalue weighted by Gasteiger charge is 2.13. The molecule has 1 aromatic carbocycles. The van der Waals surface area contributed by atoms with Crippen molar-refractivity contribution < 1.29 is 4.74 Å². The van der Waals surface area contributed by atoms with Crippen LogP contribution in [0.15, 0.2) is 29.3 Å². The van der Waals surface area contributed by atoms with Gasteiger partial charge in [0.15, 0.2) is 5.96 Å². The predicted molar refractivity (Wildman–Crippen MR) is 138 cm³/mol. The maximum Gasteiger partial charge on any atom is 0.191 e. The lowest BCUT2D eigenvalue weighted by atomic mass is 10.1. The number of hydrogen-bond acceptors (Lipinski definition) is 4. The lowest BCUT2D eigenvalue weighted by Gasteiger charge is -2.30. The van der Waals surface area contributed by atoms with Gasteiger partial charge in [0.2, 0.25) is 0 Å². The molecule has 0 bridgehead atoms. The minimum Gasteiger partial charge on any atom is -0.379 e. The maximum absolute atomic E-state index is 5.44. The zero-order chi connectivity index (χ0) is 21.1. The number of benzene rings is 1. The molecule has 0 saturated carbocycles. The molecule has 1 aliphatic heterocycles. The van der Waals surface area contributed by atoms with Gasteiger partial charge in [0.25, 0.3) is 0 Å². The third-order valence-corrected chi connectivity index (χ3v) is 5.40. The van der Waals surface area contributed by atoms with Crippen molar-refractivity contribution in [1.82, 2.24) is 20.4 Å². The lowest BCUT2D eigenvalue weighted by Crippen LogP contribution is -2.41. The molecule has 6 nitrogen and oxygen atoms in total. The first kappa shape index (κ1) is 27.1. The van der Waals surface area contributed by atoms with Crippen LogP contribution in [0.4, 0.5) is 0 Å². The molecule has 7 heteroatoms. The molecule has 2 rings (SSSR count). The summed E-state index contributed by atoms with van der Waals surface area (Å²) in [4.78, 5) is 9.34. The third kappa shape index (κ3) is 9.94. The van der Waals surface area contributed by atoms with Gasteiger partial charge >= 0.3 is 0 Å². The van der Waals surface area contributed by atoms with Gasteiger partial charge in [-0.15, -0.1) is 24.0 Å². The number of rotatable bonds is 10. The second-order valence-corrected chi connectivity index (χ2v) is 8.34. The maximum atomic E-state index is 5.44. The van der Waals surface area contributed by atoms with E-state index in [-0.39, 0.29) is 24.0 Å². The van der Waals surface area contributed by atoms with E-state index in [4.69, 9.17) is 4.74 Å². The average molecular weight is 532 g/mol. The highest BCUT2D eigenvalue weighted by molar-refractivity contribution is 14.0. The minimum atomic E-state index is 0. The molecular formula is C23H42IN5O. The van der Waals surface area contributed by atoms with Gasteiger partial charge in [-0.2, -0.15) is 0 Å². The van der Waals surface area contributed by atoms with Crippen LogP contribution in [0, 0.1) is 0 Å². The Morgan fingerprint density at radius 1 is 1.10 bits per heavy atom. The molecular weight excluding hydrogens is 489 g/mol. The second kappa shape index (κ2) is 15.0. The summed E-state index contributed by atoms with van der Waals surface area (Å²) in [6.45, 7) is 16.6. The summed E-state index contributed by atoms with van der Waals surface area (Å²) in [6, 6.07) is 9.98. The van der Waals surface area contributed by atoms with E-state index < -0.39 is 0 Å². The molecule has 0 amide bonds. The van der Waals surface area contributed by atoms with Gasteiger partial charge in [0.05, 0.1) is 13.2 Å². The minimum absolute atomic E-state index is 0. The molecule has 1 aliphatic rings. The SMILES string of the molecule is CN=C(NCCCN(C(C)C)C(C)C)NCc1cccc(CN2CCOCC2)c1.I. The molecule has 0 unspecified atom stereocenters. The first-order valence-corrected chi connectivity index (χ1v) is 11.1. The fourth-order valence-corrected chi connectivity index (χ4v) is 3.84. The fraction of sp³-hybridized carbons (Fsp3) is 0.696. The summed E-state index contributed by atoms with van der Waals surface area (Å²) in [5, 5.41) is 6.89. The number of guanidine groups is 1. The molecule has 0 aromatic heterocycles. The van der Waals surface area contributed by atoms with E-state index >= 15 is 0 Å². The van der Waals surface area contributed by atoms with Gasteiger partial charge in [0.1, 0.15) is 0 Å². The van der Waals surface area contributed by atoms with Crippen LogP contribution in [-0.4, -0.2) is 74.3 Å². The molecule has 0 radical (unpaired) electrons. The molecule has 172 valence electrons. The van der Waals surface area contributed by atoms with Crippen LogP contribution in [-0.2, 0) is 17.8 Å². The Morgan fingerprint density at radius 3 is 2.40 bits per heavy atom. The van der Waals surface area contributed by atoms with Crippen LogP contribution >= 0.6 is 24.0 Å². The largest absolute Gasteiger partial charge is 0.379 e. The molecule has 1 heterocycles. The molecule has 30 heavy (non-hydrogen) atoms. The Labute approximate surface area is 200 Å².